The maximum Gasteiger partial charge on any atom is 0.0491 e. The molecule has 0 atom stereocenters. The number of fused-ring (bicyclic) bond motifs is 6. The fourth-order valence-corrected chi connectivity index (χ4v) is 5.44. The molecule has 1 nitrogen and oxygen atoms in total. The lowest BCUT2D eigenvalue weighted by Crippen LogP contribution is -1.97. The van der Waals surface area contributed by atoms with E-state index in [1.807, 2.05) is 0 Å². The molecule has 1 aliphatic carbocycles. The van der Waals surface area contributed by atoms with Gasteiger partial charge in [-0.3, -0.25) is 0 Å². The van der Waals surface area contributed by atoms with Crippen LogP contribution < -0.4 is 0 Å². The molecular formula is C31H30BrN. The lowest BCUT2D eigenvalue weighted by Gasteiger charge is -2.07. The summed E-state index contributed by atoms with van der Waals surface area (Å²) in [5.41, 5.74) is 8.49. The van der Waals surface area contributed by atoms with Crippen molar-refractivity contribution in [2.45, 2.75) is 38.6 Å². The van der Waals surface area contributed by atoms with Crippen molar-refractivity contribution in [3.63, 3.8) is 0 Å². The first-order valence-corrected chi connectivity index (χ1v) is 13.2. The Morgan fingerprint density at radius 3 is 1.61 bits per heavy atom. The van der Waals surface area contributed by atoms with Gasteiger partial charge in [0, 0.05) is 33.7 Å². The fourth-order valence-electron chi connectivity index (χ4n) is 5.04. The third kappa shape index (κ3) is 4.63. The summed E-state index contributed by atoms with van der Waals surface area (Å²) in [6, 6.07) is 34.8. The lowest BCUT2D eigenvalue weighted by atomic mass is 10.1. The highest BCUT2D eigenvalue weighted by molar-refractivity contribution is 9.09. The first-order valence-electron chi connectivity index (χ1n) is 12.0. The van der Waals surface area contributed by atoms with Gasteiger partial charge in [-0.15, -0.1) is 0 Å². The van der Waals surface area contributed by atoms with Crippen molar-refractivity contribution in [1.82, 2.24) is 4.57 Å². The standard InChI is InChI=1S/C18H20BrN.C13H10/c19-13-7-1-2-8-14-20-17-11-5-3-9-15(17)16-10-4-6-12-18(16)20;1-3-7-12-10(5-1)9-11-6-2-4-8-13(11)12/h3-6,9-12H,1-2,7-8,13-14H2;1-8H,9H2. The Bertz CT molecular complexity index is 1270. The summed E-state index contributed by atoms with van der Waals surface area (Å²) in [6.07, 6.45) is 6.28. The molecule has 0 amide bonds. The molecule has 0 unspecified atom stereocenters. The van der Waals surface area contributed by atoms with Crippen LogP contribution in [0.4, 0.5) is 0 Å². The molecule has 6 rings (SSSR count). The number of nitrogens with zero attached hydrogens (tertiary/aromatic N) is 1. The average molecular weight is 496 g/mol. The van der Waals surface area contributed by atoms with Crippen LogP contribution in [0.3, 0.4) is 0 Å². The smallest absolute Gasteiger partial charge is 0.0491 e. The van der Waals surface area contributed by atoms with E-state index >= 15 is 0 Å². The molecule has 1 aromatic heterocycles. The number of benzene rings is 4. The van der Waals surface area contributed by atoms with Gasteiger partial charge in [-0.2, -0.15) is 0 Å². The van der Waals surface area contributed by atoms with E-state index in [1.54, 1.807) is 0 Å². The number of alkyl halides is 1. The zero-order valence-electron chi connectivity index (χ0n) is 19.0. The first kappa shape index (κ1) is 22.0. The summed E-state index contributed by atoms with van der Waals surface area (Å²) in [7, 11) is 0. The maximum atomic E-state index is 3.50. The molecule has 2 heteroatoms. The van der Waals surface area contributed by atoms with E-state index in [9.17, 15) is 0 Å². The number of rotatable bonds is 6. The van der Waals surface area contributed by atoms with Crippen LogP contribution in [0.15, 0.2) is 97.1 Å². The summed E-state index contributed by atoms with van der Waals surface area (Å²) in [4.78, 5) is 0. The zero-order valence-corrected chi connectivity index (χ0v) is 20.6. The third-order valence-corrected chi connectivity index (χ3v) is 7.21. The minimum absolute atomic E-state index is 1.10. The topological polar surface area (TPSA) is 4.93 Å². The summed E-state index contributed by atoms with van der Waals surface area (Å²) in [6.45, 7) is 1.12. The van der Waals surface area contributed by atoms with Crippen LogP contribution >= 0.6 is 15.9 Å². The van der Waals surface area contributed by atoms with E-state index in [4.69, 9.17) is 0 Å². The van der Waals surface area contributed by atoms with Crippen LogP contribution in [0.1, 0.15) is 36.8 Å². The quantitative estimate of drug-likeness (QED) is 0.160. The molecule has 1 aliphatic rings. The van der Waals surface area contributed by atoms with Crippen molar-refractivity contribution in [2.75, 3.05) is 5.33 Å². The van der Waals surface area contributed by atoms with E-state index in [0.29, 0.717) is 0 Å². The first-order chi connectivity index (χ1) is 16.4. The Kier molecular flexibility index (Phi) is 6.92. The van der Waals surface area contributed by atoms with E-state index in [0.717, 1.165) is 18.3 Å². The number of para-hydroxylation sites is 2. The summed E-state index contributed by atoms with van der Waals surface area (Å²) in [5, 5.41) is 3.88. The molecule has 33 heavy (non-hydrogen) atoms. The second-order valence-electron chi connectivity index (χ2n) is 8.78. The molecular weight excluding hydrogens is 466 g/mol. The Labute approximate surface area is 205 Å². The third-order valence-electron chi connectivity index (χ3n) is 6.65. The van der Waals surface area contributed by atoms with Gasteiger partial charge in [0.05, 0.1) is 0 Å². The van der Waals surface area contributed by atoms with Crippen molar-refractivity contribution < 1.29 is 0 Å². The largest absolute Gasteiger partial charge is 0.340 e. The van der Waals surface area contributed by atoms with Crippen molar-refractivity contribution in [2.24, 2.45) is 0 Å². The normalized spacial score (nSPS) is 11.8. The van der Waals surface area contributed by atoms with Gasteiger partial charge in [-0.25, -0.2) is 0 Å². The zero-order chi connectivity index (χ0) is 22.5. The van der Waals surface area contributed by atoms with E-state index in [-0.39, 0.29) is 0 Å². The molecule has 0 saturated heterocycles. The summed E-state index contributed by atoms with van der Waals surface area (Å²) >= 11 is 3.50. The second-order valence-corrected chi connectivity index (χ2v) is 9.57. The van der Waals surface area contributed by atoms with Crippen LogP contribution in [0.25, 0.3) is 32.9 Å². The molecule has 166 valence electrons. The highest BCUT2D eigenvalue weighted by Gasteiger charge is 2.15. The molecule has 0 spiro atoms. The van der Waals surface area contributed by atoms with Gasteiger partial charge in [0.25, 0.3) is 0 Å². The fraction of sp³-hybridized carbons (Fsp3) is 0.226. The maximum absolute atomic E-state index is 3.50. The molecule has 0 fully saturated rings. The molecule has 0 N–H and O–H groups in total. The average Bonchev–Trinajstić information content (AvgIpc) is 3.40. The number of unbranched alkanes of at least 4 members (excludes halogenated alkanes) is 3. The molecule has 4 aromatic carbocycles. The van der Waals surface area contributed by atoms with Crippen LogP contribution in [0.2, 0.25) is 0 Å². The number of hydrogen-bond donors (Lipinski definition) is 0. The summed E-state index contributed by atoms with van der Waals surface area (Å²) < 4.78 is 2.48. The van der Waals surface area contributed by atoms with Gasteiger partial charge in [-0.1, -0.05) is 114 Å². The number of hydrogen-bond acceptors (Lipinski definition) is 0. The van der Waals surface area contributed by atoms with Crippen molar-refractivity contribution >= 4 is 37.7 Å². The predicted octanol–water partition coefficient (Wildman–Crippen LogP) is 9.01. The summed E-state index contributed by atoms with van der Waals surface area (Å²) in [5.74, 6) is 0. The molecule has 0 radical (unpaired) electrons. The van der Waals surface area contributed by atoms with E-state index in [2.05, 4.69) is 118 Å². The predicted molar refractivity (Wildman–Crippen MR) is 146 cm³/mol. The number of aryl methyl sites for hydroxylation is 1. The van der Waals surface area contributed by atoms with Crippen LogP contribution in [0.5, 0.6) is 0 Å². The highest BCUT2D eigenvalue weighted by Crippen LogP contribution is 2.35. The molecule has 0 bridgehead atoms. The van der Waals surface area contributed by atoms with Crippen molar-refractivity contribution in [3.8, 4) is 11.1 Å². The van der Waals surface area contributed by atoms with Crippen LogP contribution in [-0.4, -0.2) is 9.90 Å². The SMILES string of the molecule is BrCCCCCCn1c2ccccc2c2ccccc21.c1ccc2c(c1)Cc1ccccc1-2. The van der Waals surface area contributed by atoms with E-state index in [1.165, 1.54) is 69.7 Å². The van der Waals surface area contributed by atoms with Gasteiger partial charge in [0.1, 0.15) is 0 Å². The van der Waals surface area contributed by atoms with Gasteiger partial charge in [-0.05, 0) is 53.6 Å². The van der Waals surface area contributed by atoms with Crippen molar-refractivity contribution in [3.05, 3.63) is 108 Å². The van der Waals surface area contributed by atoms with Gasteiger partial charge >= 0.3 is 0 Å². The Hall–Kier alpha value is -2.84. The minimum atomic E-state index is 1.10. The Morgan fingerprint density at radius 1 is 0.545 bits per heavy atom. The Balaban J connectivity index is 0.000000151. The Morgan fingerprint density at radius 2 is 1.03 bits per heavy atom. The van der Waals surface area contributed by atoms with Crippen LogP contribution in [-0.2, 0) is 13.0 Å². The van der Waals surface area contributed by atoms with Crippen molar-refractivity contribution in [1.29, 1.82) is 0 Å². The van der Waals surface area contributed by atoms with Crippen LogP contribution in [0, 0.1) is 0 Å². The lowest BCUT2D eigenvalue weighted by molar-refractivity contribution is 0.605. The molecule has 5 aromatic rings. The molecule has 1 heterocycles. The van der Waals surface area contributed by atoms with Gasteiger partial charge in [0.2, 0.25) is 0 Å². The monoisotopic (exact) mass is 495 g/mol. The highest BCUT2D eigenvalue weighted by atomic mass is 79.9. The van der Waals surface area contributed by atoms with E-state index < -0.39 is 0 Å². The van der Waals surface area contributed by atoms with Gasteiger partial charge < -0.3 is 4.57 Å². The van der Waals surface area contributed by atoms with Gasteiger partial charge in [0.15, 0.2) is 0 Å². The number of halogens is 1. The molecule has 0 aliphatic heterocycles. The number of aromatic nitrogens is 1. The second kappa shape index (κ2) is 10.4. The molecule has 0 saturated carbocycles. The minimum Gasteiger partial charge on any atom is -0.340 e.